The standard InChI is InChI=1S/C16H24N2O3/c1-4-5-16(6-7-16)10-18-15(19)12-8-11(20-2)9-13(21-3)14(12)17/h8-9H,4-7,10,17H2,1-3H3,(H,18,19). The van der Waals surface area contributed by atoms with Crippen LogP contribution in [0.2, 0.25) is 0 Å². The Morgan fingerprint density at radius 1 is 1.33 bits per heavy atom. The van der Waals surface area contributed by atoms with E-state index < -0.39 is 0 Å². The minimum absolute atomic E-state index is 0.174. The molecule has 0 spiro atoms. The topological polar surface area (TPSA) is 73.6 Å². The molecule has 0 saturated heterocycles. The second-order valence-electron chi connectivity index (χ2n) is 5.72. The zero-order chi connectivity index (χ0) is 15.5. The molecule has 2 rings (SSSR count). The number of anilines is 1. The van der Waals surface area contributed by atoms with E-state index >= 15 is 0 Å². The summed E-state index contributed by atoms with van der Waals surface area (Å²) in [5.41, 5.74) is 7.04. The van der Waals surface area contributed by atoms with Crippen LogP contribution in [0.25, 0.3) is 0 Å². The number of amides is 1. The molecule has 1 aliphatic rings. The Hall–Kier alpha value is -1.91. The Morgan fingerprint density at radius 3 is 2.57 bits per heavy atom. The predicted molar refractivity (Wildman–Crippen MR) is 82.9 cm³/mol. The lowest BCUT2D eigenvalue weighted by Crippen LogP contribution is -2.30. The maximum Gasteiger partial charge on any atom is 0.253 e. The molecule has 0 aliphatic heterocycles. The van der Waals surface area contributed by atoms with E-state index in [9.17, 15) is 4.79 Å². The molecule has 0 unspecified atom stereocenters. The summed E-state index contributed by atoms with van der Waals surface area (Å²) in [5.74, 6) is 0.835. The Balaban J connectivity index is 2.11. The number of hydrogen-bond acceptors (Lipinski definition) is 4. The highest BCUT2D eigenvalue weighted by Crippen LogP contribution is 2.49. The van der Waals surface area contributed by atoms with Gasteiger partial charge in [0, 0.05) is 12.6 Å². The van der Waals surface area contributed by atoms with Crippen LogP contribution in [0, 0.1) is 5.41 Å². The first-order chi connectivity index (χ1) is 10.0. The van der Waals surface area contributed by atoms with Gasteiger partial charge in [-0.3, -0.25) is 4.79 Å². The third-order valence-electron chi connectivity index (χ3n) is 4.18. The second-order valence-corrected chi connectivity index (χ2v) is 5.72. The van der Waals surface area contributed by atoms with Crippen molar-refractivity contribution < 1.29 is 14.3 Å². The fourth-order valence-electron chi connectivity index (χ4n) is 2.66. The van der Waals surface area contributed by atoms with E-state index in [0.29, 0.717) is 34.7 Å². The van der Waals surface area contributed by atoms with E-state index in [2.05, 4.69) is 12.2 Å². The minimum Gasteiger partial charge on any atom is -0.497 e. The molecule has 3 N–H and O–H groups in total. The van der Waals surface area contributed by atoms with Crippen molar-refractivity contribution in [1.82, 2.24) is 5.32 Å². The maximum absolute atomic E-state index is 12.4. The number of nitrogens with one attached hydrogen (secondary N) is 1. The zero-order valence-corrected chi connectivity index (χ0v) is 13.0. The van der Waals surface area contributed by atoms with Gasteiger partial charge in [0.25, 0.3) is 5.91 Å². The molecule has 5 heteroatoms. The summed E-state index contributed by atoms with van der Waals surface area (Å²) in [6.45, 7) is 2.88. The van der Waals surface area contributed by atoms with Gasteiger partial charge in [0.15, 0.2) is 0 Å². The summed E-state index contributed by atoms with van der Waals surface area (Å²) in [5, 5.41) is 3.00. The van der Waals surface area contributed by atoms with Gasteiger partial charge in [-0.1, -0.05) is 13.3 Å². The van der Waals surface area contributed by atoms with Gasteiger partial charge in [-0.05, 0) is 30.7 Å². The molecule has 1 amide bonds. The number of hydrogen-bond donors (Lipinski definition) is 2. The number of ether oxygens (including phenoxy) is 2. The van der Waals surface area contributed by atoms with E-state index in [-0.39, 0.29) is 5.91 Å². The largest absolute Gasteiger partial charge is 0.497 e. The molecule has 0 atom stereocenters. The van der Waals surface area contributed by atoms with Gasteiger partial charge in [0.1, 0.15) is 11.5 Å². The first kappa shape index (κ1) is 15.5. The van der Waals surface area contributed by atoms with Crippen LogP contribution >= 0.6 is 0 Å². The van der Waals surface area contributed by atoms with Crippen LogP contribution in [0.3, 0.4) is 0 Å². The van der Waals surface area contributed by atoms with Gasteiger partial charge in [0.2, 0.25) is 0 Å². The lowest BCUT2D eigenvalue weighted by atomic mass is 10.0. The summed E-state index contributed by atoms with van der Waals surface area (Å²) >= 11 is 0. The van der Waals surface area contributed by atoms with Gasteiger partial charge in [-0.15, -0.1) is 0 Å². The van der Waals surface area contributed by atoms with Gasteiger partial charge >= 0.3 is 0 Å². The molecule has 0 radical (unpaired) electrons. The normalized spacial score (nSPS) is 15.4. The van der Waals surface area contributed by atoms with Crippen LogP contribution in [0.5, 0.6) is 11.5 Å². The van der Waals surface area contributed by atoms with Crippen LogP contribution in [-0.4, -0.2) is 26.7 Å². The molecule has 0 aromatic heterocycles. The lowest BCUT2D eigenvalue weighted by molar-refractivity contribution is 0.0944. The van der Waals surface area contributed by atoms with E-state index in [1.165, 1.54) is 20.0 Å². The number of rotatable bonds is 7. The monoisotopic (exact) mass is 292 g/mol. The number of nitrogen functional groups attached to an aromatic ring is 1. The van der Waals surface area contributed by atoms with Crippen molar-refractivity contribution in [3.05, 3.63) is 17.7 Å². The zero-order valence-electron chi connectivity index (χ0n) is 13.0. The summed E-state index contributed by atoms with van der Waals surface area (Å²) < 4.78 is 10.4. The summed E-state index contributed by atoms with van der Waals surface area (Å²) in [4.78, 5) is 12.4. The van der Waals surface area contributed by atoms with Crippen molar-refractivity contribution in [3.8, 4) is 11.5 Å². The van der Waals surface area contributed by atoms with Gasteiger partial charge in [-0.25, -0.2) is 0 Å². The summed E-state index contributed by atoms with van der Waals surface area (Å²) in [6.07, 6.45) is 4.69. The number of carbonyl (C=O) groups excluding carboxylic acids is 1. The predicted octanol–water partition coefficient (Wildman–Crippen LogP) is 2.60. The molecule has 1 aliphatic carbocycles. The Kier molecular flexibility index (Phi) is 4.60. The molecule has 1 saturated carbocycles. The number of carbonyl (C=O) groups is 1. The Morgan fingerprint density at radius 2 is 2.05 bits per heavy atom. The first-order valence-corrected chi connectivity index (χ1v) is 7.35. The van der Waals surface area contributed by atoms with Crippen molar-refractivity contribution in [1.29, 1.82) is 0 Å². The van der Waals surface area contributed by atoms with E-state index in [1.54, 1.807) is 19.2 Å². The van der Waals surface area contributed by atoms with Crippen molar-refractivity contribution in [2.45, 2.75) is 32.6 Å². The Bertz CT molecular complexity index is 524. The van der Waals surface area contributed by atoms with Crippen molar-refractivity contribution in [2.75, 3.05) is 26.5 Å². The smallest absolute Gasteiger partial charge is 0.253 e. The van der Waals surface area contributed by atoms with E-state index in [1.807, 2.05) is 0 Å². The quantitative estimate of drug-likeness (QED) is 0.758. The van der Waals surface area contributed by atoms with Crippen LogP contribution in [0.1, 0.15) is 43.0 Å². The first-order valence-electron chi connectivity index (χ1n) is 7.35. The summed E-state index contributed by atoms with van der Waals surface area (Å²) in [6, 6.07) is 3.32. The minimum atomic E-state index is -0.174. The highest BCUT2D eigenvalue weighted by molar-refractivity contribution is 6.01. The van der Waals surface area contributed by atoms with E-state index in [0.717, 1.165) is 12.8 Å². The molecule has 0 bridgehead atoms. The molecule has 21 heavy (non-hydrogen) atoms. The van der Waals surface area contributed by atoms with Crippen LogP contribution in [-0.2, 0) is 0 Å². The number of nitrogens with two attached hydrogens (primary N) is 1. The SMILES string of the molecule is CCCC1(CNC(=O)c2cc(OC)cc(OC)c2N)CC1. The van der Waals surface area contributed by atoms with Crippen molar-refractivity contribution in [2.24, 2.45) is 5.41 Å². The van der Waals surface area contributed by atoms with Gasteiger partial charge in [-0.2, -0.15) is 0 Å². The molecule has 1 aromatic carbocycles. The van der Waals surface area contributed by atoms with Crippen LogP contribution < -0.4 is 20.5 Å². The van der Waals surface area contributed by atoms with Crippen molar-refractivity contribution in [3.63, 3.8) is 0 Å². The molecule has 116 valence electrons. The fraction of sp³-hybridized carbons (Fsp3) is 0.562. The summed E-state index contributed by atoms with van der Waals surface area (Å²) in [7, 11) is 3.07. The molecule has 0 heterocycles. The third-order valence-corrected chi connectivity index (χ3v) is 4.18. The van der Waals surface area contributed by atoms with Crippen LogP contribution in [0.4, 0.5) is 5.69 Å². The number of methoxy groups -OCH3 is 2. The average Bonchev–Trinajstić information content (AvgIpc) is 3.25. The molecule has 1 aromatic rings. The van der Waals surface area contributed by atoms with Gasteiger partial charge < -0.3 is 20.5 Å². The van der Waals surface area contributed by atoms with Crippen molar-refractivity contribution >= 4 is 11.6 Å². The third kappa shape index (κ3) is 3.40. The second kappa shape index (κ2) is 6.24. The lowest BCUT2D eigenvalue weighted by Gasteiger charge is -2.17. The molecular weight excluding hydrogens is 268 g/mol. The molecular formula is C16H24N2O3. The van der Waals surface area contributed by atoms with E-state index in [4.69, 9.17) is 15.2 Å². The molecule has 1 fully saturated rings. The highest BCUT2D eigenvalue weighted by atomic mass is 16.5. The Labute approximate surface area is 125 Å². The van der Waals surface area contributed by atoms with Crippen LogP contribution in [0.15, 0.2) is 12.1 Å². The van der Waals surface area contributed by atoms with Gasteiger partial charge in [0.05, 0.1) is 25.5 Å². The maximum atomic E-state index is 12.4. The number of benzene rings is 1. The highest BCUT2D eigenvalue weighted by Gasteiger charge is 2.41. The average molecular weight is 292 g/mol. The fourth-order valence-corrected chi connectivity index (χ4v) is 2.66. The molecule has 5 nitrogen and oxygen atoms in total.